The van der Waals surface area contributed by atoms with E-state index in [1.165, 1.54) is 11.1 Å². The molecule has 3 aromatic carbocycles. The molecule has 3 aromatic rings. The quantitative estimate of drug-likeness (QED) is 0.510. The number of aryl methyl sites for hydroxylation is 1. The third-order valence-electron chi connectivity index (χ3n) is 5.78. The Kier molecular flexibility index (Phi) is 6.96. The lowest BCUT2D eigenvalue weighted by molar-refractivity contribution is -0.128. The van der Waals surface area contributed by atoms with Gasteiger partial charge in [0.15, 0.2) is 0 Å². The van der Waals surface area contributed by atoms with Crippen LogP contribution in [0.2, 0.25) is 0 Å². The molecule has 0 radical (unpaired) electrons. The normalized spacial score (nSPS) is 15.8. The summed E-state index contributed by atoms with van der Waals surface area (Å²) in [4.78, 5) is 29.1. The number of carbonyl (C=O) groups is 2. The summed E-state index contributed by atoms with van der Waals surface area (Å²) in [5.74, 6) is 0.668. The molecule has 2 amide bonds. The molecule has 0 bridgehead atoms. The predicted octanol–water partition coefficient (Wildman–Crippen LogP) is 5.08. The van der Waals surface area contributed by atoms with E-state index in [0.29, 0.717) is 24.4 Å². The fourth-order valence-corrected chi connectivity index (χ4v) is 5.13. The smallest absolute Gasteiger partial charge is 0.253 e. The second kappa shape index (κ2) is 10.0. The fourth-order valence-electron chi connectivity index (χ4n) is 3.92. The molecule has 4 rings (SSSR count). The van der Waals surface area contributed by atoms with Crippen molar-refractivity contribution in [1.29, 1.82) is 0 Å². The fraction of sp³-hybridized carbons (Fsp3) is 0.259. The Morgan fingerprint density at radius 2 is 1.66 bits per heavy atom. The van der Waals surface area contributed by atoms with Crippen molar-refractivity contribution in [3.8, 4) is 0 Å². The van der Waals surface area contributed by atoms with E-state index in [2.05, 4.69) is 43.3 Å². The average Bonchev–Trinajstić information content (AvgIpc) is 3.19. The molecule has 164 valence electrons. The highest BCUT2D eigenvalue weighted by Crippen LogP contribution is 2.38. The van der Waals surface area contributed by atoms with Crippen LogP contribution in [0, 0.1) is 6.92 Å². The number of hydrogen-bond donors (Lipinski definition) is 0. The summed E-state index contributed by atoms with van der Waals surface area (Å²) >= 11 is 1.65. The summed E-state index contributed by atoms with van der Waals surface area (Å²) in [5.41, 5.74) is 5.27. The summed E-state index contributed by atoms with van der Waals surface area (Å²) in [6.45, 7) is 3.32. The van der Waals surface area contributed by atoms with Gasteiger partial charge in [-0.05, 0) is 42.2 Å². The van der Waals surface area contributed by atoms with Crippen molar-refractivity contribution in [3.05, 3.63) is 107 Å². The van der Waals surface area contributed by atoms with Gasteiger partial charge in [-0.15, -0.1) is 11.8 Å². The van der Waals surface area contributed by atoms with Crippen molar-refractivity contribution in [1.82, 2.24) is 9.80 Å². The Labute approximate surface area is 194 Å². The molecular weight excluding hydrogens is 416 g/mol. The first kappa shape index (κ1) is 22.2. The van der Waals surface area contributed by atoms with Gasteiger partial charge < -0.3 is 9.80 Å². The van der Waals surface area contributed by atoms with Crippen LogP contribution in [0.3, 0.4) is 0 Å². The molecule has 1 aliphatic rings. The van der Waals surface area contributed by atoms with Gasteiger partial charge in [0.25, 0.3) is 5.91 Å². The van der Waals surface area contributed by atoms with Crippen LogP contribution < -0.4 is 0 Å². The zero-order valence-electron chi connectivity index (χ0n) is 18.5. The molecule has 0 N–H and O–H groups in total. The lowest BCUT2D eigenvalue weighted by Gasteiger charge is -2.24. The second-order valence-corrected chi connectivity index (χ2v) is 9.32. The number of rotatable bonds is 7. The van der Waals surface area contributed by atoms with Gasteiger partial charge in [-0.1, -0.05) is 72.3 Å². The first-order valence-corrected chi connectivity index (χ1v) is 11.9. The number of nitrogens with zero attached hydrogens (tertiary/aromatic N) is 2. The molecular formula is C27H28N2O2S. The van der Waals surface area contributed by atoms with Crippen molar-refractivity contribution >= 4 is 23.6 Å². The van der Waals surface area contributed by atoms with E-state index in [1.807, 2.05) is 54.4 Å². The Hall–Kier alpha value is -3.05. The van der Waals surface area contributed by atoms with E-state index in [4.69, 9.17) is 0 Å². The zero-order valence-corrected chi connectivity index (χ0v) is 19.3. The molecule has 0 aromatic heterocycles. The van der Waals surface area contributed by atoms with Crippen molar-refractivity contribution in [2.45, 2.75) is 25.3 Å². The maximum absolute atomic E-state index is 12.9. The molecule has 1 fully saturated rings. The van der Waals surface area contributed by atoms with Gasteiger partial charge in [0.2, 0.25) is 5.91 Å². The molecule has 0 spiro atoms. The van der Waals surface area contributed by atoms with Crippen LogP contribution in [-0.4, -0.2) is 41.0 Å². The predicted molar refractivity (Wildman–Crippen MR) is 130 cm³/mol. The molecule has 0 saturated carbocycles. The van der Waals surface area contributed by atoms with Crippen molar-refractivity contribution in [2.75, 3.05) is 19.3 Å². The summed E-state index contributed by atoms with van der Waals surface area (Å²) < 4.78 is 0. The van der Waals surface area contributed by atoms with Gasteiger partial charge in [-0.3, -0.25) is 9.59 Å². The lowest BCUT2D eigenvalue weighted by Crippen LogP contribution is -2.30. The highest BCUT2D eigenvalue weighted by molar-refractivity contribution is 8.00. The van der Waals surface area contributed by atoms with Gasteiger partial charge in [-0.25, -0.2) is 0 Å². The zero-order chi connectivity index (χ0) is 22.5. The number of hydrogen-bond acceptors (Lipinski definition) is 3. The Balaban J connectivity index is 1.40. The van der Waals surface area contributed by atoms with Crippen LogP contribution in [0.5, 0.6) is 0 Å². The number of carbonyl (C=O) groups excluding carboxylic acids is 2. The largest absolute Gasteiger partial charge is 0.337 e. The van der Waals surface area contributed by atoms with Gasteiger partial charge in [0.05, 0.1) is 5.75 Å². The molecule has 1 saturated heterocycles. The van der Waals surface area contributed by atoms with Crippen molar-refractivity contribution in [2.24, 2.45) is 0 Å². The summed E-state index contributed by atoms with van der Waals surface area (Å²) in [5, 5.41) is 0.000604. The van der Waals surface area contributed by atoms with Crippen LogP contribution in [0.15, 0.2) is 78.9 Å². The third kappa shape index (κ3) is 5.22. The van der Waals surface area contributed by atoms with Crippen molar-refractivity contribution in [3.63, 3.8) is 0 Å². The Bertz CT molecular complexity index is 1070. The van der Waals surface area contributed by atoms with Crippen LogP contribution in [0.1, 0.15) is 38.0 Å². The summed E-state index contributed by atoms with van der Waals surface area (Å²) in [6, 6.07) is 26.2. The summed E-state index contributed by atoms with van der Waals surface area (Å²) in [7, 11) is 1.83. The Morgan fingerprint density at radius 3 is 2.34 bits per heavy atom. The molecule has 1 heterocycles. The minimum absolute atomic E-state index is 0.000604. The monoisotopic (exact) mass is 444 g/mol. The minimum Gasteiger partial charge on any atom is -0.337 e. The van der Waals surface area contributed by atoms with Crippen molar-refractivity contribution < 1.29 is 9.59 Å². The van der Waals surface area contributed by atoms with E-state index in [1.54, 1.807) is 16.7 Å². The molecule has 0 aliphatic carbocycles. The van der Waals surface area contributed by atoms with Crippen LogP contribution >= 0.6 is 11.8 Å². The molecule has 4 nitrogen and oxygen atoms in total. The first-order chi connectivity index (χ1) is 15.5. The van der Waals surface area contributed by atoms with Gasteiger partial charge in [-0.2, -0.15) is 0 Å². The number of thioether (sulfide) groups is 1. The highest BCUT2D eigenvalue weighted by atomic mass is 32.2. The molecule has 5 heteroatoms. The maximum Gasteiger partial charge on any atom is 0.253 e. The van der Waals surface area contributed by atoms with Gasteiger partial charge in [0.1, 0.15) is 5.37 Å². The van der Waals surface area contributed by atoms with E-state index in [-0.39, 0.29) is 17.2 Å². The minimum atomic E-state index is -0.00629. The van der Waals surface area contributed by atoms with Gasteiger partial charge >= 0.3 is 0 Å². The van der Waals surface area contributed by atoms with E-state index in [9.17, 15) is 9.59 Å². The van der Waals surface area contributed by atoms with Crippen LogP contribution in [0.25, 0.3) is 0 Å². The number of benzene rings is 3. The Morgan fingerprint density at radius 1 is 0.969 bits per heavy atom. The molecule has 1 atom stereocenters. The molecule has 32 heavy (non-hydrogen) atoms. The second-order valence-electron chi connectivity index (χ2n) is 8.25. The standard InChI is InChI=1S/C27H28N2O2S/c1-20-8-10-22(11-9-20)18-28(2)26(31)23-12-14-24(15-13-23)27-29(25(30)19-32-27)17-16-21-6-4-3-5-7-21/h3-15,27H,16-19H2,1-2H3/t27-/m0/s1. The number of amides is 2. The lowest BCUT2D eigenvalue weighted by atomic mass is 10.1. The SMILES string of the molecule is Cc1ccc(CN(C)C(=O)c2ccc([C@@H]3SCC(=O)N3CCc3ccccc3)cc2)cc1. The highest BCUT2D eigenvalue weighted by Gasteiger charge is 2.32. The summed E-state index contributed by atoms with van der Waals surface area (Å²) in [6.07, 6.45) is 0.837. The van der Waals surface area contributed by atoms with E-state index >= 15 is 0 Å². The van der Waals surface area contributed by atoms with E-state index < -0.39 is 0 Å². The van der Waals surface area contributed by atoms with E-state index in [0.717, 1.165) is 17.5 Å². The maximum atomic E-state index is 12.9. The topological polar surface area (TPSA) is 40.6 Å². The third-order valence-corrected chi connectivity index (χ3v) is 7.04. The van der Waals surface area contributed by atoms with Gasteiger partial charge in [0, 0.05) is 25.7 Å². The first-order valence-electron chi connectivity index (χ1n) is 10.9. The molecule has 0 unspecified atom stereocenters. The average molecular weight is 445 g/mol. The van der Waals surface area contributed by atoms with Crippen LogP contribution in [0.4, 0.5) is 0 Å². The molecule has 1 aliphatic heterocycles. The van der Waals surface area contributed by atoms with Crippen LogP contribution in [-0.2, 0) is 17.8 Å².